The molecule has 0 aromatic heterocycles. The molecule has 2 rings (SSSR count). The van der Waals surface area contributed by atoms with Gasteiger partial charge in [0.15, 0.2) is 0 Å². The van der Waals surface area contributed by atoms with Crippen LogP contribution in [0.25, 0.3) is 0 Å². The number of amides is 1. The zero-order valence-electron chi connectivity index (χ0n) is 10.5. The normalized spacial score (nSPS) is 35.0. The predicted molar refractivity (Wildman–Crippen MR) is 66.4 cm³/mol. The Labute approximate surface area is 103 Å². The monoisotopic (exact) mass is 240 g/mol. The van der Waals surface area contributed by atoms with Crippen molar-refractivity contribution >= 4 is 5.91 Å². The number of aliphatic hydroxyl groups excluding tert-OH is 1. The third-order valence-corrected chi connectivity index (χ3v) is 4.34. The molecule has 1 amide bonds. The molecule has 98 valence electrons. The van der Waals surface area contributed by atoms with Crippen LogP contribution in [0.3, 0.4) is 0 Å². The molecule has 17 heavy (non-hydrogen) atoms. The van der Waals surface area contributed by atoms with Crippen molar-refractivity contribution in [3.63, 3.8) is 0 Å². The molecule has 3 unspecified atom stereocenters. The van der Waals surface area contributed by atoms with E-state index in [-0.39, 0.29) is 12.0 Å². The fourth-order valence-electron chi connectivity index (χ4n) is 3.46. The highest BCUT2D eigenvalue weighted by Gasteiger charge is 2.36. The van der Waals surface area contributed by atoms with Gasteiger partial charge >= 0.3 is 0 Å². The fraction of sp³-hybridized carbons (Fsp3) is 0.923. The van der Waals surface area contributed by atoms with Crippen molar-refractivity contribution < 1.29 is 9.90 Å². The summed E-state index contributed by atoms with van der Waals surface area (Å²) in [6.45, 7) is 1.82. The van der Waals surface area contributed by atoms with Gasteiger partial charge in [0, 0.05) is 24.9 Å². The number of carbonyl (C=O) groups is 1. The van der Waals surface area contributed by atoms with Crippen molar-refractivity contribution in [2.45, 2.75) is 57.1 Å². The van der Waals surface area contributed by atoms with Crippen LogP contribution in [0.2, 0.25) is 0 Å². The maximum Gasteiger partial charge on any atom is 0.218 e. The second-order valence-corrected chi connectivity index (χ2v) is 5.48. The molecule has 1 saturated heterocycles. The number of nitrogens with zero attached hydrogens (tertiary/aromatic N) is 1. The summed E-state index contributed by atoms with van der Waals surface area (Å²) in [6.07, 6.45) is 7.15. The van der Waals surface area contributed by atoms with Crippen LogP contribution in [0.4, 0.5) is 0 Å². The first-order chi connectivity index (χ1) is 8.18. The topological polar surface area (TPSA) is 66.6 Å². The predicted octanol–water partition coefficient (Wildman–Crippen LogP) is 0.877. The molecule has 0 aromatic carbocycles. The number of primary amides is 1. The Balaban J connectivity index is 1.91. The van der Waals surface area contributed by atoms with Gasteiger partial charge in [-0.1, -0.05) is 12.8 Å². The zero-order chi connectivity index (χ0) is 12.3. The molecule has 3 atom stereocenters. The van der Waals surface area contributed by atoms with E-state index in [2.05, 4.69) is 4.90 Å². The van der Waals surface area contributed by atoms with E-state index in [1.807, 2.05) is 0 Å². The molecular weight excluding hydrogens is 216 g/mol. The van der Waals surface area contributed by atoms with E-state index in [1.54, 1.807) is 0 Å². The van der Waals surface area contributed by atoms with Crippen LogP contribution in [0.15, 0.2) is 0 Å². The Hall–Kier alpha value is -0.610. The number of hydrogen-bond donors (Lipinski definition) is 2. The summed E-state index contributed by atoms with van der Waals surface area (Å²) in [7, 11) is 0. The minimum atomic E-state index is -0.222. The van der Waals surface area contributed by atoms with E-state index in [0.29, 0.717) is 18.4 Å². The van der Waals surface area contributed by atoms with Crippen molar-refractivity contribution in [3.05, 3.63) is 0 Å². The Morgan fingerprint density at radius 3 is 2.71 bits per heavy atom. The summed E-state index contributed by atoms with van der Waals surface area (Å²) in [4.78, 5) is 13.2. The van der Waals surface area contributed by atoms with E-state index in [0.717, 1.165) is 32.4 Å². The Bertz CT molecular complexity index is 270. The molecule has 0 spiro atoms. The van der Waals surface area contributed by atoms with Crippen LogP contribution in [0.1, 0.15) is 44.9 Å². The lowest BCUT2D eigenvalue weighted by atomic mass is 9.80. The Morgan fingerprint density at radius 2 is 2.00 bits per heavy atom. The van der Waals surface area contributed by atoms with Crippen LogP contribution >= 0.6 is 0 Å². The molecule has 1 heterocycles. The highest BCUT2D eigenvalue weighted by molar-refractivity contribution is 5.73. The van der Waals surface area contributed by atoms with Gasteiger partial charge < -0.3 is 10.8 Å². The highest BCUT2D eigenvalue weighted by atomic mass is 16.3. The zero-order valence-corrected chi connectivity index (χ0v) is 10.5. The van der Waals surface area contributed by atoms with Gasteiger partial charge in [-0.2, -0.15) is 0 Å². The molecule has 4 nitrogen and oxygen atoms in total. The lowest BCUT2D eigenvalue weighted by molar-refractivity contribution is -0.118. The van der Waals surface area contributed by atoms with Gasteiger partial charge in [-0.25, -0.2) is 0 Å². The van der Waals surface area contributed by atoms with E-state index >= 15 is 0 Å². The summed E-state index contributed by atoms with van der Waals surface area (Å²) in [5.74, 6) is 0.193. The van der Waals surface area contributed by atoms with Gasteiger partial charge in [0.25, 0.3) is 0 Å². The van der Waals surface area contributed by atoms with E-state index in [4.69, 9.17) is 5.73 Å². The maximum atomic E-state index is 10.8. The first-order valence-electron chi connectivity index (χ1n) is 6.89. The van der Waals surface area contributed by atoms with Crippen LogP contribution in [-0.2, 0) is 4.79 Å². The van der Waals surface area contributed by atoms with Gasteiger partial charge in [0.1, 0.15) is 0 Å². The second kappa shape index (κ2) is 5.83. The van der Waals surface area contributed by atoms with Crippen molar-refractivity contribution in [1.82, 2.24) is 4.90 Å². The van der Waals surface area contributed by atoms with Crippen molar-refractivity contribution in [2.75, 3.05) is 13.1 Å². The average molecular weight is 240 g/mol. The lowest BCUT2D eigenvalue weighted by Crippen LogP contribution is -2.43. The number of carbonyl (C=O) groups excluding carboxylic acids is 1. The minimum Gasteiger partial charge on any atom is -0.393 e. The van der Waals surface area contributed by atoms with Gasteiger partial charge in [-0.3, -0.25) is 9.69 Å². The van der Waals surface area contributed by atoms with Crippen molar-refractivity contribution in [1.29, 1.82) is 0 Å². The second-order valence-electron chi connectivity index (χ2n) is 5.48. The number of rotatable bonds is 4. The molecule has 2 aliphatic rings. The Kier molecular flexibility index (Phi) is 4.40. The molecular formula is C13H24N2O2. The molecule has 0 radical (unpaired) electrons. The van der Waals surface area contributed by atoms with Crippen molar-refractivity contribution in [3.8, 4) is 0 Å². The third-order valence-electron chi connectivity index (χ3n) is 4.34. The molecule has 0 bridgehead atoms. The molecule has 1 saturated carbocycles. The fourth-order valence-corrected chi connectivity index (χ4v) is 3.46. The SMILES string of the molecule is NC(=O)CCN1CCCC1C1CCCCC1O. The number of hydrogen-bond acceptors (Lipinski definition) is 3. The minimum absolute atomic E-state index is 0.136. The maximum absolute atomic E-state index is 10.8. The summed E-state index contributed by atoms with van der Waals surface area (Å²) in [6, 6.07) is 0.477. The van der Waals surface area contributed by atoms with E-state index < -0.39 is 0 Å². The number of aliphatic hydroxyl groups is 1. The number of likely N-dealkylation sites (tertiary alicyclic amines) is 1. The first kappa shape index (κ1) is 12.8. The molecule has 0 aromatic rings. The summed E-state index contributed by atoms with van der Waals surface area (Å²) < 4.78 is 0. The third kappa shape index (κ3) is 3.19. The smallest absolute Gasteiger partial charge is 0.218 e. The summed E-state index contributed by atoms with van der Waals surface area (Å²) in [5.41, 5.74) is 5.21. The molecule has 1 aliphatic heterocycles. The standard InChI is InChI=1S/C13H24N2O2/c14-13(17)7-9-15-8-3-5-11(15)10-4-1-2-6-12(10)16/h10-12,16H,1-9H2,(H2,14,17). The summed E-state index contributed by atoms with van der Waals surface area (Å²) >= 11 is 0. The van der Waals surface area contributed by atoms with Crippen LogP contribution in [0.5, 0.6) is 0 Å². The molecule has 2 fully saturated rings. The van der Waals surface area contributed by atoms with Crippen LogP contribution in [-0.4, -0.2) is 41.1 Å². The first-order valence-corrected chi connectivity index (χ1v) is 6.89. The molecule has 3 N–H and O–H groups in total. The largest absolute Gasteiger partial charge is 0.393 e. The van der Waals surface area contributed by atoms with Gasteiger partial charge in [0.05, 0.1) is 6.10 Å². The van der Waals surface area contributed by atoms with Gasteiger partial charge in [0.2, 0.25) is 5.91 Å². The van der Waals surface area contributed by atoms with Crippen molar-refractivity contribution in [2.24, 2.45) is 11.7 Å². The molecule has 4 heteroatoms. The quantitative estimate of drug-likeness (QED) is 0.766. The Morgan fingerprint density at radius 1 is 1.24 bits per heavy atom. The van der Waals surface area contributed by atoms with E-state index in [1.165, 1.54) is 19.3 Å². The van der Waals surface area contributed by atoms with Gasteiger partial charge in [-0.05, 0) is 32.2 Å². The van der Waals surface area contributed by atoms with Crippen LogP contribution in [0, 0.1) is 5.92 Å². The average Bonchev–Trinajstić information content (AvgIpc) is 2.75. The lowest BCUT2D eigenvalue weighted by Gasteiger charge is -2.37. The number of nitrogens with two attached hydrogens (primary N) is 1. The highest BCUT2D eigenvalue weighted by Crippen LogP contribution is 2.34. The van der Waals surface area contributed by atoms with Gasteiger partial charge in [-0.15, -0.1) is 0 Å². The molecule has 1 aliphatic carbocycles. The van der Waals surface area contributed by atoms with Crippen LogP contribution < -0.4 is 5.73 Å². The summed E-state index contributed by atoms with van der Waals surface area (Å²) in [5, 5.41) is 10.1. The van der Waals surface area contributed by atoms with E-state index in [9.17, 15) is 9.90 Å².